The molecule has 1 N–H and O–H groups in total. The van der Waals surface area contributed by atoms with E-state index in [0.717, 1.165) is 18.7 Å². The summed E-state index contributed by atoms with van der Waals surface area (Å²) in [7, 11) is 0. The predicted molar refractivity (Wildman–Crippen MR) is 93.7 cm³/mol. The number of hydrogen-bond donors (Lipinski definition) is 1. The molecule has 1 aliphatic rings. The number of aromatic nitrogens is 1. The molecule has 5 heteroatoms. The molecule has 1 aromatic carbocycles. The van der Waals surface area contributed by atoms with Crippen LogP contribution in [0.5, 0.6) is 0 Å². The number of fused-ring (bicyclic) bond motifs is 1. The number of thiophene rings is 1. The van der Waals surface area contributed by atoms with Crippen molar-refractivity contribution in [3.8, 4) is 0 Å². The van der Waals surface area contributed by atoms with Gasteiger partial charge in [-0.1, -0.05) is 24.3 Å². The van der Waals surface area contributed by atoms with Crippen LogP contribution in [0.2, 0.25) is 0 Å². The number of anilines is 3. The van der Waals surface area contributed by atoms with Crippen LogP contribution < -0.4 is 10.2 Å². The van der Waals surface area contributed by atoms with Crippen LogP contribution in [0.3, 0.4) is 0 Å². The van der Waals surface area contributed by atoms with Crippen molar-refractivity contribution in [1.82, 2.24) is 4.98 Å². The van der Waals surface area contributed by atoms with Crippen molar-refractivity contribution in [2.24, 2.45) is 0 Å². The van der Waals surface area contributed by atoms with Crippen LogP contribution in [-0.4, -0.2) is 17.4 Å². The van der Waals surface area contributed by atoms with E-state index in [4.69, 9.17) is 0 Å². The molecule has 0 fully saturated rings. The van der Waals surface area contributed by atoms with E-state index in [1.165, 1.54) is 22.6 Å². The monoisotopic (exact) mass is 321 g/mol. The van der Waals surface area contributed by atoms with Gasteiger partial charge in [0.2, 0.25) is 0 Å². The number of benzene rings is 1. The zero-order valence-electron chi connectivity index (χ0n) is 12.4. The van der Waals surface area contributed by atoms with Gasteiger partial charge in [0.1, 0.15) is 5.82 Å². The van der Waals surface area contributed by atoms with E-state index in [0.29, 0.717) is 10.7 Å². The highest BCUT2D eigenvalue weighted by molar-refractivity contribution is 7.12. The summed E-state index contributed by atoms with van der Waals surface area (Å²) in [4.78, 5) is 19.3. The Morgan fingerprint density at radius 1 is 1.13 bits per heavy atom. The largest absolute Gasteiger partial charge is 0.340 e. The molecule has 0 saturated carbocycles. The molecule has 4 nitrogen and oxygen atoms in total. The average molecular weight is 321 g/mol. The number of rotatable bonds is 3. The van der Waals surface area contributed by atoms with Crippen LogP contribution in [0.4, 0.5) is 17.2 Å². The first kappa shape index (κ1) is 14.0. The first-order valence-electron chi connectivity index (χ1n) is 7.47. The van der Waals surface area contributed by atoms with Crippen molar-refractivity contribution < 1.29 is 4.79 Å². The fourth-order valence-corrected chi connectivity index (χ4v) is 3.43. The molecule has 0 atom stereocenters. The van der Waals surface area contributed by atoms with Gasteiger partial charge in [-0.05, 0) is 41.6 Å². The van der Waals surface area contributed by atoms with Gasteiger partial charge >= 0.3 is 0 Å². The van der Waals surface area contributed by atoms with Gasteiger partial charge in [0.15, 0.2) is 0 Å². The molecule has 0 spiro atoms. The number of nitrogens with one attached hydrogen (secondary N) is 1. The summed E-state index contributed by atoms with van der Waals surface area (Å²) in [5, 5.41) is 4.71. The van der Waals surface area contributed by atoms with E-state index < -0.39 is 0 Å². The van der Waals surface area contributed by atoms with E-state index in [2.05, 4.69) is 39.5 Å². The van der Waals surface area contributed by atoms with Gasteiger partial charge in [-0.3, -0.25) is 4.79 Å². The van der Waals surface area contributed by atoms with E-state index in [1.807, 2.05) is 29.8 Å². The maximum Gasteiger partial charge on any atom is 0.266 e. The molecule has 23 heavy (non-hydrogen) atoms. The Morgan fingerprint density at radius 2 is 2.04 bits per heavy atom. The Labute approximate surface area is 138 Å². The molecule has 0 unspecified atom stereocenters. The number of carbonyl (C=O) groups excluding carboxylic acids is 1. The average Bonchev–Trinajstić information content (AvgIpc) is 3.25. The lowest BCUT2D eigenvalue weighted by molar-refractivity contribution is 0.103. The van der Waals surface area contributed by atoms with Crippen molar-refractivity contribution >= 4 is 34.4 Å². The number of amides is 1. The van der Waals surface area contributed by atoms with Gasteiger partial charge in [-0.25, -0.2) is 4.98 Å². The van der Waals surface area contributed by atoms with E-state index in [1.54, 1.807) is 6.07 Å². The first-order valence-corrected chi connectivity index (χ1v) is 8.35. The topological polar surface area (TPSA) is 45.2 Å². The second kappa shape index (κ2) is 5.85. The maximum atomic E-state index is 12.0. The quantitative estimate of drug-likeness (QED) is 0.790. The van der Waals surface area contributed by atoms with Gasteiger partial charge in [0.25, 0.3) is 5.91 Å². The van der Waals surface area contributed by atoms with Gasteiger partial charge in [-0.2, -0.15) is 0 Å². The highest BCUT2D eigenvalue weighted by atomic mass is 32.1. The summed E-state index contributed by atoms with van der Waals surface area (Å²) in [6.45, 7) is 0.960. The van der Waals surface area contributed by atoms with Gasteiger partial charge in [-0.15, -0.1) is 11.3 Å². The molecule has 2 aromatic heterocycles. The van der Waals surface area contributed by atoms with Crippen molar-refractivity contribution in [3.63, 3.8) is 0 Å². The summed E-state index contributed by atoms with van der Waals surface area (Å²) in [6, 6.07) is 15.9. The molecule has 0 saturated heterocycles. The molecular weight excluding hydrogens is 306 g/mol. The second-order valence-corrected chi connectivity index (χ2v) is 6.31. The van der Waals surface area contributed by atoms with Crippen LogP contribution in [0, 0.1) is 0 Å². The summed E-state index contributed by atoms with van der Waals surface area (Å²) in [6.07, 6.45) is 2.86. The van der Waals surface area contributed by atoms with Crippen LogP contribution in [0.25, 0.3) is 0 Å². The molecule has 1 aliphatic heterocycles. The van der Waals surface area contributed by atoms with Gasteiger partial charge in [0, 0.05) is 12.2 Å². The molecule has 3 heterocycles. The molecule has 0 aliphatic carbocycles. The molecular formula is C18H15N3OS. The summed E-state index contributed by atoms with van der Waals surface area (Å²) >= 11 is 1.42. The Bertz CT molecular complexity index is 828. The second-order valence-electron chi connectivity index (χ2n) is 5.36. The third-order valence-corrected chi connectivity index (χ3v) is 4.80. The van der Waals surface area contributed by atoms with E-state index >= 15 is 0 Å². The Balaban J connectivity index is 1.52. The minimum Gasteiger partial charge on any atom is -0.340 e. The zero-order valence-corrected chi connectivity index (χ0v) is 13.2. The van der Waals surface area contributed by atoms with Crippen molar-refractivity contribution in [2.75, 3.05) is 16.8 Å². The van der Waals surface area contributed by atoms with Crippen LogP contribution >= 0.6 is 11.3 Å². The SMILES string of the molecule is O=C(Nc1ccc(N2CCc3ccccc32)cn1)c1cccs1. The van der Waals surface area contributed by atoms with Crippen LogP contribution in [0.15, 0.2) is 60.1 Å². The Kier molecular flexibility index (Phi) is 3.55. The molecule has 0 radical (unpaired) electrons. The smallest absolute Gasteiger partial charge is 0.266 e. The lowest BCUT2D eigenvalue weighted by atomic mass is 10.2. The van der Waals surface area contributed by atoms with Crippen LogP contribution in [-0.2, 0) is 6.42 Å². The lowest BCUT2D eigenvalue weighted by Crippen LogP contribution is -2.14. The predicted octanol–water partition coefficient (Wildman–Crippen LogP) is 4.09. The zero-order chi connectivity index (χ0) is 15.6. The first-order chi connectivity index (χ1) is 11.3. The highest BCUT2D eigenvalue weighted by Gasteiger charge is 2.19. The van der Waals surface area contributed by atoms with E-state index in [9.17, 15) is 4.79 Å². The van der Waals surface area contributed by atoms with Crippen molar-refractivity contribution in [3.05, 3.63) is 70.5 Å². The van der Waals surface area contributed by atoms with Crippen molar-refractivity contribution in [1.29, 1.82) is 0 Å². The maximum absolute atomic E-state index is 12.0. The lowest BCUT2D eigenvalue weighted by Gasteiger charge is -2.19. The number of hydrogen-bond acceptors (Lipinski definition) is 4. The van der Waals surface area contributed by atoms with Gasteiger partial charge < -0.3 is 10.2 Å². The number of para-hydroxylation sites is 1. The van der Waals surface area contributed by atoms with Crippen molar-refractivity contribution in [2.45, 2.75) is 6.42 Å². The highest BCUT2D eigenvalue weighted by Crippen LogP contribution is 2.34. The fraction of sp³-hybridized carbons (Fsp3) is 0.111. The molecule has 0 bridgehead atoms. The number of carbonyl (C=O) groups is 1. The Morgan fingerprint density at radius 3 is 2.83 bits per heavy atom. The standard InChI is InChI=1S/C18H15N3OS/c22-18(16-6-3-11-23-16)20-17-8-7-14(12-19-17)21-10-9-13-4-1-2-5-15(13)21/h1-8,11-12H,9-10H2,(H,19,20,22). The summed E-state index contributed by atoms with van der Waals surface area (Å²) in [5.74, 6) is 0.450. The third-order valence-electron chi connectivity index (χ3n) is 3.93. The summed E-state index contributed by atoms with van der Waals surface area (Å²) in [5.41, 5.74) is 3.65. The minimum absolute atomic E-state index is 0.119. The van der Waals surface area contributed by atoms with E-state index in [-0.39, 0.29) is 5.91 Å². The number of pyridine rings is 1. The van der Waals surface area contributed by atoms with Crippen LogP contribution in [0.1, 0.15) is 15.2 Å². The van der Waals surface area contributed by atoms with Gasteiger partial charge in [0.05, 0.1) is 16.8 Å². The number of nitrogens with zero attached hydrogens (tertiary/aromatic N) is 2. The molecule has 114 valence electrons. The third kappa shape index (κ3) is 2.71. The molecule has 4 rings (SSSR count). The minimum atomic E-state index is -0.119. The Hall–Kier alpha value is -2.66. The summed E-state index contributed by atoms with van der Waals surface area (Å²) < 4.78 is 0. The normalized spacial score (nSPS) is 13.0. The molecule has 3 aromatic rings. The molecule has 1 amide bonds. The fourth-order valence-electron chi connectivity index (χ4n) is 2.81.